The molecule has 1 rings (SSSR count). The number of rotatable bonds is 7. The molecule has 1 amide bonds. The van der Waals surface area contributed by atoms with Crippen molar-refractivity contribution >= 4 is 11.9 Å². The van der Waals surface area contributed by atoms with Crippen molar-refractivity contribution in [1.29, 1.82) is 0 Å². The van der Waals surface area contributed by atoms with Gasteiger partial charge in [0.15, 0.2) is 5.96 Å². The fraction of sp³-hybridized carbons (Fsp3) is 0.529. The standard InChI is InChI=1S/C17H28N4O/c1-5-7-12-19-17(18-6-2)20-13-14-8-10-15(11-9-14)16(22)21(3)4/h8-11H,5-7,12-13H2,1-4H3,(H2,18,19,20). The smallest absolute Gasteiger partial charge is 0.253 e. The molecule has 1 aromatic carbocycles. The Balaban J connectivity index is 2.63. The Morgan fingerprint density at radius 3 is 2.36 bits per heavy atom. The molecule has 0 radical (unpaired) electrons. The lowest BCUT2D eigenvalue weighted by molar-refractivity contribution is 0.0827. The van der Waals surface area contributed by atoms with Crippen molar-refractivity contribution in [2.75, 3.05) is 27.2 Å². The quantitative estimate of drug-likeness (QED) is 0.461. The van der Waals surface area contributed by atoms with Crippen LogP contribution in [-0.2, 0) is 6.54 Å². The lowest BCUT2D eigenvalue weighted by atomic mass is 10.1. The van der Waals surface area contributed by atoms with E-state index in [4.69, 9.17) is 0 Å². The van der Waals surface area contributed by atoms with E-state index in [1.54, 1.807) is 19.0 Å². The molecule has 0 aliphatic heterocycles. The largest absolute Gasteiger partial charge is 0.357 e. The van der Waals surface area contributed by atoms with E-state index in [1.807, 2.05) is 24.3 Å². The van der Waals surface area contributed by atoms with Crippen LogP contribution in [0.1, 0.15) is 42.6 Å². The van der Waals surface area contributed by atoms with Crippen molar-refractivity contribution in [3.8, 4) is 0 Å². The van der Waals surface area contributed by atoms with Crippen LogP contribution >= 0.6 is 0 Å². The molecule has 5 nitrogen and oxygen atoms in total. The molecule has 0 aromatic heterocycles. The van der Waals surface area contributed by atoms with Gasteiger partial charge in [0, 0.05) is 32.7 Å². The van der Waals surface area contributed by atoms with Crippen molar-refractivity contribution in [2.24, 2.45) is 4.99 Å². The molecule has 0 spiro atoms. The van der Waals surface area contributed by atoms with Crippen LogP contribution in [0, 0.1) is 0 Å². The van der Waals surface area contributed by atoms with Gasteiger partial charge < -0.3 is 15.5 Å². The van der Waals surface area contributed by atoms with E-state index in [9.17, 15) is 4.79 Å². The maximum absolute atomic E-state index is 11.8. The Morgan fingerprint density at radius 1 is 1.14 bits per heavy atom. The molecular formula is C17H28N4O. The average molecular weight is 304 g/mol. The van der Waals surface area contributed by atoms with E-state index < -0.39 is 0 Å². The number of nitrogens with zero attached hydrogens (tertiary/aromatic N) is 2. The van der Waals surface area contributed by atoms with Crippen LogP contribution in [-0.4, -0.2) is 44.0 Å². The molecule has 0 atom stereocenters. The van der Waals surface area contributed by atoms with E-state index in [-0.39, 0.29) is 5.91 Å². The highest BCUT2D eigenvalue weighted by atomic mass is 16.2. The predicted molar refractivity (Wildman–Crippen MR) is 92.2 cm³/mol. The number of carbonyl (C=O) groups excluding carboxylic acids is 1. The van der Waals surface area contributed by atoms with E-state index in [1.165, 1.54) is 0 Å². The predicted octanol–water partition coefficient (Wildman–Crippen LogP) is 2.24. The molecule has 0 bridgehead atoms. The normalized spacial score (nSPS) is 11.2. The molecule has 22 heavy (non-hydrogen) atoms. The van der Waals surface area contributed by atoms with Gasteiger partial charge >= 0.3 is 0 Å². The first kappa shape index (κ1) is 18.0. The van der Waals surface area contributed by atoms with E-state index in [0.29, 0.717) is 12.1 Å². The van der Waals surface area contributed by atoms with Crippen LogP contribution in [0.15, 0.2) is 29.3 Å². The highest BCUT2D eigenvalue weighted by Gasteiger charge is 2.07. The highest BCUT2D eigenvalue weighted by Crippen LogP contribution is 2.07. The summed E-state index contributed by atoms with van der Waals surface area (Å²) in [6.07, 6.45) is 2.29. The molecule has 0 saturated heterocycles. The summed E-state index contributed by atoms with van der Waals surface area (Å²) in [6, 6.07) is 7.61. The Kier molecular flexibility index (Phi) is 8.04. The van der Waals surface area contributed by atoms with Crippen LogP contribution in [0.4, 0.5) is 0 Å². The van der Waals surface area contributed by atoms with Crippen LogP contribution in [0.25, 0.3) is 0 Å². The van der Waals surface area contributed by atoms with Gasteiger partial charge in [0.05, 0.1) is 6.54 Å². The zero-order valence-corrected chi connectivity index (χ0v) is 14.1. The monoisotopic (exact) mass is 304 g/mol. The molecule has 0 heterocycles. The molecule has 122 valence electrons. The van der Waals surface area contributed by atoms with Crippen molar-refractivity contribution in [1.82, 2.24) is 15.5 Å². The third-order valence-electron chi connectivity index (χ3n) is 3.19. The van der Waals surface area contributed by atoms with Gasteiger partial charge in [-0.05, 0) is 31.0 Å². The van der Waals surface area contributed by atoms with Gasteiger partial charge in [0.25, 0.3) is 5.91 Å². The summed E-state index contributed by atoms with van der Waals surface area (Å²) in [4.78, 5) is 18.0. The summed E-state index contributed by atoms with van der Waals surface area (Å²) in [5.41, 5.74) is 1.79. The highest BCUT2D eigenvalue weighted by molar-refractivity contribution is 5.93. The fourth-order valence-corrected chi connectivity index (χ4v) is 1.91. The van der Waals surface area contributed by atoms with Gasteiger partial charge in [0.2, 0.25) is 0 Å². The van der Waals surface area contributed by atoms with Gasteiger partial charge in [-0.3, -0.25) is 4.79 Å². The van der Waals surface area contributed by atoms with E-state index in [2.05, 4.69) is 29.5 Å². The Labute approximate surface area is 133 Å². The molecule has 0 aliphatic carbocycles. The van der Waals surface area contributed by atoms with Crippen LogP contribution < -0.4 is 10.6 Å². The number of amides is 1. The van der Waals surface area contributed by atoms with Crippen molar-refractivity contribution in [3.63, 3.8) is 0 Å². The van der Waals surface area contributed by atoms with Crippen molar-refractivity contribution < 1.29 is 4.79 Å². The lowest BCUT2D eigenvalue weighted by Crippen LogP contribution is -2.37. The summed E-state index contributed by atoms with van der Waals surface area (Å²) < 4.78 is 0. The summed E-state index contributed by atoms with van der Waals surface area (Å²) in [5, 5.41) is 6.55. The molecule has 0 unspecified atom stereocenters. The van der Waals surface area contributed by atoms with Crippen LogP contribution in [0.3, 0.4) is 0 Å². The number of nitrogens with one attached hydrogen (secondary N) is 2. The van der Waals surface area contributed by atoms with Gasteiger partial charge in [-0.25, -0.2) is 4.99 Å². The zero-order chi connectivity index (χ0) is 16.4. The van der Waals surface area contributed by atoms with Gasteiger partial charge in [-0.1, -0.05) is 25.5 Å². The molecule has 0 saturated carbocycles. The average Bonchev–Trinajstić information content (AvgIpc) is 2.52. The van der Waals surface area contributed by atoms with E-state index in [0.717, 1.165) is 37.5 Å². The SMILES string of the molecule is CCCCNC(=NCc1ccc(C(=O)N(C)C)cc1)NCC. The van der Waals surface area contributed by atoms with Crippen molar-refractivity contribution in [2.45, 2.75) is 33.2 Å². The third kappa shape index (κ3) is 6.16. The minimum Gasteiger partial charge on any atom is -0.357 e. The number of unbranched alkanes of at least 4 members (excludes halogenated alkanes) is 1. The maximum Gasteiger partial charge on any atom is 0.253 e. The second kappa shape index (κ2) is 9.82. The molecule has 1 aromatic rings. The number of hydrogen-bond acceptors (Lipinski definition) is 2. The lowest BCUT2D eigenvalue weighted by Gasteiger charge is -2.11. The first-order valence-corrected chi connectivity index (χ1v) is 7.91. The van der Waals surface area contributed by atoms with Gasteiger partial charge in [-0.15, -0.1) is 0 Å². The van der Waals surface area contributed by atoms with Crippen LogP contribution in [0.2, 0.25) is 0 Å². The summed E-state index contributed by atoms with van der Waals surface area (Å²) in [7, 11) is 3.51. The summed E-state index contributed by atoms with van der Waals surface area (Å²) in [5.74, 6) is 0.856. The second-order valence-corrected chi connectivity index (χ2v) is 5.37. The first-order valence-electron chi connectivity index (χ1n) is 7.91. The Hall–Kier alpha value is -2.04. The zero-order valence-electron chi connectivity index (χ0n) is 14.1. The van der Waals surface area contributed by atoms with Gasteiger partial charge in [0.1, 0.15) is 0 Å². The number of aliphatic imine (C=N–C) groups is 1. The fourth-order valence-electron chi connectivity index (χ4n) is 1.91. The first-order chi connectivity index (χ1) is 10.6. The third-order valence-corrected chi connectivity index (χ3v) is 3.19. The number of carbonyl (C=O) groups is 1. The maximum atomic E-state index is 11.8. The minimum absolute atomic E-state index is 0.0182. The van der Waals surface area contributed by atoms with Crippen molar-refractivity contribution in [3.05, 3.63) is 35.4 Å². The molecular weight excluding hydrogens is 276 g/mol. The number of hydrogen-bond donors (Lipinski definition) is 2. The Bertz CT molecular complexity index is 480. The molecule has 5 heteroatoms. The number of guanidine groups is 1. The van der Waals surface area contributed by atoms with Gasteiger partial charge in [-0.2, -0.15) is 0 Å². The topological polar surface area (TPSA) is 56.7 Å². The summed E-state index contributed by atoms with van der Waals surface area (Å²) in [6.45, 7) is 6.59. The molecule has 2 N–H and O–H groups in total. The number of benzene rings is 1. The minimum atomic E-state index is 0.0182. The van der Waals surface area contributed by atoms with Crippen LogP contribution in [0.5, 0.6) is 0 Å². The molecule has 0 fully saturated rings. The Morgan fingerprint density at radius 2 is 1.82 bits per heavy atom. The summed E-state index contributed by atoms with van der Waals surface area (Å²) >= 11 is 0. The molecule has 0 aliphatic rings. The second-order valence-electron chi connectivity index (χ2n) is 5.37. The van der Waals surface area contributed by atoms with E-state index >= 15 is 0 Å².